The lowest BCUT2D eigenvalue weighted by Gasteiger charge is -2.41. The van der Waals surface area contributed by atoms with E-state index in [9.17, 15) is 14.4 Å². The van der Waals surface area contributed by atoms with E-state index in [1.807, 2.05) is 48.8 Å². The molecule has 2 atom stereocenters. The van der Waals surface area contributed by atoms with Crippen molar-refractivity contribution >= 4 is 17.8 Å². The summed E-state index contributed by atoms with van der Waals surface area (Å²) in [6.07, 6.45) is 4.50. The molecule has 0 bridgehead atoms. The third-order valence-corrected chi connectivity index (χ3v) is 6.45. The molecular formula is C25H38N4O3. The molecule has 0 spiro atoms. The number of benzene rings is 1. The van der Waals surface area contributed by atoms with E-state index in [1.54, 1.807) is 12.1 Å². The summed E-state index contributed by atoms with van der Waals surface area (Å²) < 4.78 is 0. The van der Waals surface area contributed by atoms with Crippen molar-refractivity contribution in [2.45, 2.75) is 77.4 Å². The van der Waals surface area contributed by atoms with Crippen LogP contribution in [0.1, 0.15) is 70.2 Å². The minimum absolute atomic E-state index is 0.00276. The number of hydrogen-bond acceptors (Lipinski definition) is 3. The van der Waals surface area contributed by atoms with Crippen molar-refractivity contribution in [2.75, 3.05) is 19.6 Å². The van der Waals surface area contributed by atoms with Crippen molar-refractivity contribution in [3.05, 3.63) is 35.9 Å². The maximum atomic E-state index is 13.6. The molecule has 2 N–H and O–H groups in total. The topological polar surface area (TPSA) is 81.8 Å². The van der Waals surface area contributed by atoms with E-state index >= 15 is 0 Å². The summed E-state index contributed by atoms with van der Waals surface area (Å²) in [6.45, 7) is 9.87. The first-order valence-electron chi connectivity index (χ1n) is 11.9. The average molecular weight is 443 g/mol. The lowest BCUT2D eigenvalue weighted by atomic mass is 9.87. The molecule has 2 aliphatic rings. The number of carbonyl (C=O) groups excluding carboxylic acids is 3. The summed E-state index contributed by atoms with van der Waals surface area (Å²) in [6, 6.07) is 8.58. The molecule has 0 unspecified atom stereocenters. The van der Waals surface area contributed by atoms with Crippen molar-refractivity contribution in [3.63, 3.8) is 0 Å². The highest BCUT2D eigenvalue weighted by molar-refractivity contribution is 5.97. The smallest absolute Gasteiger partial charge is 0.317 e. The molecule has 4 amide bonds. The Kier molecular flexibility index (Phi) is 7.80. The third-order valence-electron chi connectivity index (χ3n) is 6.45. The molecule has 1 aromatic carbocycles. The van der Waals surface area contributed by atoms with Gasteiger partial charge in [-0.2, -0.15) is 0 Å². The van der Waals surface area contributed by atoms with Crippen LogP contribution < -0.4 is 10.6 Å². The summed E-state index contributed by atoms with van der Waals surface area (Å²) in [5.74, 6) is -0.205. The van der Waals surface area contributed by atoms with E-state index in [0.717, 1.165) is 25.8 Å². The fourth-order valence-electron chi connectivity index (χ4n) is 4.64. The van der Waals surface area contributed by atoms with Crippen LogP contribution in [0.5, 0.6) is 0 Å². The maximum Gasteiger partial charge on any atom is 0.317 e. The monoisotopic (exact) mass is 442 g/mol. The number of carbonyl (C=O) groups is 3. The molecule has 32 heavy (non-hydrogen) atoms. The van der Waals surface area contributed by atoms with Gasteiger partial charge in [0.1, 0.15) is 6.04 Å². The molecular weight excluding hydrogens is 404 g/mol. The van der Waals surface area contributed by atoms with Crippen LogP contribution in [0.15, 0.2) is 30.3 Å². The molecule has 0 radical (unpaired) electrons. The zero-order valence-corrected chi connectivity index (χ0v) is 19.9. The molecule has 1 aromatic rings. The minimum Gasteiger partial charge on any atom is -0.340 e. The Morgan fingerprint density at radius 1 is 0.969 bits per heavy atom. The van der Waals surface area contributed by atoms with E-state index in [4.69, 9.17) is 0 Å². The van der Waals surface area contributed by atoms with E-state index in [0.29, 0.717) is 31.5 Å². The first-order chi connectivity index (χ1) is 15.2. The molecule has 0 aromatic heterocycles. The van der Waals surface area contributed by atoms with Gasteiger partial charge in [-0.1, -0.05) is 18.2 Å². The molecule has 176 valence electrons. The van der Waals surface area contributed by atoms with Crippen LogP contribution in [0.3, 0.4) is 0 Å². The molecule has 2 aliphatic heterocycles. The van der Waals surface area contributed by atoms with E-state index < -0.39 is 6.04 Å². The van der Waals surface area contributed by atoms with Crippen LogP contribution in [0.4, 0.5) is 4.79 Å². The quantitative estimate of drug-likeness (QED) is 0.750. The number of hydrogen-bond donors (Lipinski definition) is 2. The molecule has 0 aliphatic carbocycles. The van der Waals surface area contributed by atoms with Gasteiger partial charge in [0, 0.05) is 36.8 Å². The summed E-state index contributed by atoms with van der Waals surface area (Å²) in [4.78, 5) is 42.8. The summed E-state index contributed by atoms with van der Waals surface area (Å²) >= 11 is 0. The highest BCUT2D eigenvalue weighted by Gasteiger charge is 2.38. The van der Waals surface area contributed by atoms with Crippen molar-refractivity contribution in [1.29, 1.82) is 0 Å². The summed E-state index contributed by atoms with van der Waals surface area (Å²) in [5.41, 5.74) is 0.263. The van der Waals surface area contributed by atoms with Crippen LogP contribution in [0.25, 0.3) is 0 Å². The summed E-state index contributed by atoms with van der Waals surface area (Å²) in [7, 11) is 0. The fraction of sp³-hybridized carbons (Fsp3) is 0.640. The van der Waals surface area contributed by atoms with Crippen molar-refractivity contribution < 1.29 is 14.4 Å². The minimum atomic E-state index is -0.573. The van der Waals surface area contributed by atoms with Crippen molar-refractivity contribution in [3.8, 4) is 0 Å². The molecule has 3 rings (SSSR count). The number of urea groups is 1. The van der Waals surface area contributed by atoms with Crippen LogP contribution in [0.2, 0.25) is 0 Å². The second-order valence-electron chi connectivity index (χ2n) is 10.2. The van der Waals surface area contributed by atoms with Crippen molar-refractivity contribution in [2.24, 2.45) is 5.92 Å². The second kappa shape index (κ2) is 10.4. The number of piperidine rings is 2. The largest absolute Gasteiger partial charge is 0.340 e. The fourth-order valence-corrected chi connectivity index (χ4v) is 4.64. The van der Waals surface area contributed by atoms with Gasteiger partial charge in [-0.15, -0.1) is 0 Å². The average Bonchev–Trinajstić information content (AvgIpc) is 2.77. The predicted molar refractivity (Wildman–Crippen MR) is 125 cm³/mol. The third kappa shape index (κ3) is 6.24. The molecule has 2 fully saturated rings. The van der Waals surface area contributed by atoms with E-state index in [2.05, 4.69) is 17.6 Å². The Morgan fingerprint density at radius 3 is 2.22 bits per heavy atom. The molecule has 7 nitrogen and oxygen atoms in total. The molecule has 2 heterocycles. The normalized spacial score (nSPS) is 21.1. The van der Waals surface area contributed by atoms with Gasteiger partial charge in [-0.25, -0.2) is 4.79 Å². The number of rotatable bonds is 4. The highest BCUT2D eigenvalue weighted by Crippen LogP contribution is 2.26. The van der Waals surface area contributed by atoms with Gasteiger partial charge in [-0.05, 0) is 77.8 Å². The van der Waals surface area contributed by atoms with Crippen LogP contribution in [0, 0.1) is 5.92 Å². The zero-order valence-electron chi connectivity index (χ0n) is 19.9. The maximum absolute atomic E-state index is 13.6. The Bertz CT molecular complexity index is 797. The number of amides is 4. The highest BCUT2D eigenvalue weighted by atomic mass is 16.2. The summed E-state index contributed by atoms with van der Waals surface area (Å²) in [5, 5.41) is 6.06. The molecule has 2 saturated heterocycles. The van der Waals surface area contributed by atoms with Gasteiger partial charge >= 0.3 is 6.03 Å². The lowest BCUT2D eigenvalue weighted by Crippen LogP contribution is -2.58. The molecule has 7 heteroatoms. The van der Waals surface area contributed by atoms with E-state index in [1.165, 1.54) is 0 Å². The van der Waals surface area contributed by atoms with Gasteiger partial charge in [0.25, 0.3) is 5.91 Å². The van der Waals surface area contributed by atoms with Crippen LogP contribution in [-0.4, -0.2) is 64.9 Å². The first-order valence-corrected chi connectivity index (χ1v) is 11.9. The number of nitrogens with one attached hydrogen (secondary N) is 2. The van der Waals surface area contributed by atoms with Crippen LogP contribution in [-0.2, 0) is 4.79 Å². The van der Waals surface area contributed by atoms with E-state index in [-0.39, 0.29) is 35.3 Å². The number of nitrogens with zero attached hydrogens (tertiary/aromatic N) is 2. The lowest BCUT2D eigenvalue weighted by molar-refractivity contribution is -0.138. The second-order valence-corrected chi connectivity index (χ2v) is 10.2. The molecule has 0 saturated carbocycles. The van der Waals surface area contributed by atoms with Crippen molar-refractivity contribution in [1.82, 2.24) is 20.4 Å². The Hall–Kier alpha value is -2.57. The number of likely N-dealkylation sites (tertiary alicyclic amines) is 2. The van der Waals surface area contributed by atoms with Gasteiger partial charge in [0.15, 0.2) is 0 Å². The Morgan fingerprint density at radius 2 is 1.62 bits per heavy atom. The van der Waals surface area contributed by atoms with Gasteiger partial charge in [-0.3, -0.25) is 9.59 Å². The Balaban J connectivity index is 1.72. The Labute approximate surface area is 191 Å². The first kappa shape index (κ1) is 24.1. The predicted octanol–water partition coefficient (Wildman–Crippen LogP) is 3.41. The van der Waals surface area contributed by atoms with Gasteiger partial charge in [0.2, 0.25) is 5.91 Å². The van der Waals surface area contributed by atoms with Gasteiger partial charge < -0.3 is 20.4 Å². The SMILES string of the molecule is C[C@H]1CCCCN1C(=O)[C@@H](NC(=O)c1ccccc1)C1CCN(C(=O)NC(C)(C)C)CC1. The standard InChI is InChI=1S/C25H38N4O3/c1-18-10-8-9-15-29(18)23(31)21(26-22(30)20-11-6-5-7-12-20)19-13-16-28(17-14-19)24(32)27-25(2,3)4/h5-7,11-12,18-19,21H,8-10,13-17H2,1-4H3,(H,26,30)(H,27,32)/t18-,21-/m0/s1. The van der Waals surface area contributed by atoms with Crippen LogP contribution >= 0.6 is 0 Å². The van der Waals surface area contributed by atoms with Gasteiger partial charge in [0.05, 0.1) is 0 Å². The zero-order chi connectivity index (χ0) is 23.3.